The zero-order valence-electron chi connectivity index (χ0n) is 18.3. The van der Waals surface area contributed by atoms with E-state index in [0.717, 1.165) is 35.5 Å². The maximum absolute atomic E-state index is 13.4. The molecule has 2 aliphatic carbocycles. The van der Waals surface area contributed by atoms with E-state index in [0.29, 0.717) is 31.1 Å². The zero-order valence-corrected chi connectivity index (χ0v) is 18.3. The van der Waals surface area contributed by atoms with Gasteiger partial charge in [0, 0.05) is 42.4 Å². The van der Waals surface area contributed by atoms with Crippen molar-refractivity contribution in [1.29, 1.82) is 0 Å². The summed E-state index contributed by atoms with van der Waals surface area (Å²) in [5, 5.41) is 14.7. The smallest absolute Gasteiger partial charge is 0.258 e. The van der Waals surface area contributed by atoms with Crippen LogP contribution in [0.3, 0.4) is 0 Å². The van der Waals surface area contributed by atoms with Crippen LogP contribution < -0.4 is 10.2 Å². The van der Waals surface area contributed by atoms with Gasteiger partial charge in [-0.15, -0.1) is 0 Å². The molecule has 0 spiro atoms. The van der Waals surface area contributed by atoms with Gasteiger partial charge in [-0.05, 0) is 32.3 Å². The van der Waals surface area contributed by atoms with E-state index in [4.69, 9.17) is 0 Å². The number of nitrogens with one attached hydrogen (secondary N) is 2. The maximum Gasteiger partial charge on any atom is 0.258 e. The van der Waals surface area contributed by atoms with Gasteiger partial charge in [0.15, 0.2) is 0 Å². The zero-order chi connectivity index (χ0) is 22.9. The molecule has 0 radical (unpaired) electrons. The summed E-state index contributed by atoms with van der Waals surface area (Å²) in [6, 6.07) is -0.0967. The summed E-state index contributed by atoms with van der Waals surface area (Å²) in [5.74, 6) is -3.35. The second-order valence-electron chi connectivity index (χ2n) is 9.28. The number of aromatic nitrogens is 6. The molecule has 3 aromatic heterocycles. The lowest BCUT2D eigenvalue weighted by Gasteiger charge is -2.20. The average Bonchev–Trinajstić information content (AvgIpc) is 3.41. The molecule has 1 saturated carbocycles. The van der Waals surface area contributed by atoms with Crippen LogP contribution in [0.4, 0.5) is 14.7 Å². The number of carbonyl (C=O) groups excluding carboxylic acids is 1. The second kappa shape index (κ2) is 7.06. The highest BCUT2D eigenvalue weighted by Crippen LogP contribution is 2.59. The fourth-order valence-electron chi connectivity index (χ4n) is 5.08. The first kappa shape index (κ1) is 20.3. The Balaban J connectivity index is 1.10. The first-order chi connectivity index (χ1) is 15.8. The Morgan fingerprint density at radius 2 is 2.06 bits per heavy atom. The summed E-state index contributed by atoms with van der Waals surface area (Å²) in [4.78, 5) is 23.5. The Morgan fingerprint density at radius 3 is 2.82 bits per heavy atom. The molecule has 1 amide bonds. The fraction of sp³-hybridized carbons (Fsp3) is 0.500. The number of amides is 1. The number of halogens is 2. The van der Waals surface area contributed by atoms with Crippen molar-refractivity contribution in [2.45, 2.75) is 45.2 Å². The van der Waals surface area contributed by atoms with E-state index in [-0.39, 0.29) is 11.9 Å². The quantitative estimate of drug-likeness (QED) is 0.612. The van der Waals surface area contributed by atoms with Gasteiger partial charge in [-0.3, -0.25) is 14.6 Å². The lowest BCUT2D eigenvalue weighted by Crippen LogP contribution is -2.29. The van der Waals surface area contributed by atoms with Gasteiger partial charge >= 0.3 is 0 Å². The van der Waals surface area contributed by atoms with Crippen molar-refractivity contribution in [1.82, 2.24) is 35.3 Å². The standard InChI is InChI=1S/C22H24F2N8O/c1-11-13(5-25-21(27-11)31-9-16-17(10-31)22(16,23)24)7-32-8-14(6-26-32)20(33)28-18-4-3-15-12(2)29-30-19(15)18/h5-6,8,16-18H,3-4,7,9-10H2,1-2H3,(H,28,33)(H,29,30)/t16?,17?,18-/m1/s1. The number of fused-ring (bicyclic) bond motifs is 2. The molecule has 3 atom stereocenters. The van der Waals surface area contributed by atoms with Crippen LogP contribution in [-0.4, -0.2) is 54.9 Å². The number of carbonyl (C=O) groups is 1. The van der Waals surface area contributed by atoms with Crippen LogP contribution in [0, 0.1) is 25.7 Å². The minimum absolute atomic E-state index is 0.0967. The Kier molecular flexibility index (Phi) is 4.33. The number of alkyl halides is 2. The minimum atomic E-state index is -2.52. The Labute approximate surface area is 188 Å². The van der Waals surface area contributed by atoms with Gasteiger partial charge < -0.3 is 10.2 Å². The Bertz CT molecular complexity index is 1240. The molecule has 0 aromatic carbocycles. The molecule has 1 saturated heterocycles. The van der Waals surface area contributed by atoms with Gasteiger partial charge in [-0.2, -0.15) is 10.2 Å². The largest absolute Gasteiger partial charge is 0.343 e. The molecule has 1 aliphatic heterocycles. The molecular formula is C22H24F2N8O. The van der Waals surface area contributed by atoms with Crippen LogP contribution in [0.1, 0.15) is 51.0 Å². The molecule has 9 nitrogen and oxygen atoms in total. The van der Waals surface area contributed by atoms with Gasteiger partial charge in [-0.1, -0.05) is 0 Å². The van der Waals surface area contributed by atoms with Gasteiger partial charge in [0.2, 0.25) is 5.95 Å². The predicted molar refractivity (Wildman–Crippen MR) is 114 cm³/mol. The van der Waals surface area contributed by atoms with Crippen molar-refractivity contribution in [3.05, 3.63) is 52.4 Å². The summed E-state index contributed by atoms with van der Waals surface area (Å²) >= 11 is 0. The number of rotatable bonds is 5. The van der Waals surface area contributed by atoms with E-state index >= 15 is 0 Å². The molecule has 2 unspecified atom stereocenters. The Hall–Kier alpha value is -3.37. The highest BCUT2D eigenvalue weighted by molar-refractivity contribution is 5.94. The van der Waals surface area contributed by atoms with Crippen molar-refractivity contribution < 1.29 is 13.6 Å². The lowest BCUT2D eigenvalue weighted by atomic mass is 10.2. The third-order valence-electron chi connectivity index (χ3n) is 7.20. The molecule has 0 bridgehead atoms. The number of hydrogen-bond donors (Lipinski definition) is 2. The van der Waals surface area contributed by atoms with Crippen molar-refractivity contribution in [2.75, 3.05) is 18.0 Å². The van der Waals surface area contributed by atoms with Crippen LogP contribution >= 0.6 is 0 Å². The molecule has 2 N–H and O–H groups in total. The van der Waals surface area contributed by atoms with E-state index in [1.807, 2.05) is 18.7 Å². The number of nitrogens with zero attached hydrogens (tertiary/aromatic N) is 6. The molecule has 11 heteroatoms. The van der Waals surface area contributed by atoms with Crippen molar-refractivity contribution in [3.8, 4) is 0 Å². The molecule has 6 rings (SSSR count). The second-order valence-corrected chi connectivity index (χ2v) is 9.28. The normalized spacial score (nSPS) is 24.6. The third kappa shape index (κ3) is 3.28. The van der Waals surface area contributed by atoms with E-state index in [2.05, 4.69) is 30.6 Å². The highest BCUT2D eigenvalue weighted by Gasteiger charge is 2.72. The van der Waals surface area contributed by atoms with Crippen molar-refractivity contribution in [3.63, 3.8) is 0 Å². The molecular weight excluding hydrogens is 430 g/mol. The van der Waals surface area contributed by atoms with Crippen molar-refractivity contribution in [2.24, 2.45) is 11.8 Å². The molecule has 4 heterocycles. The molecule has 2 fully saturated rings. The monoisotopic (exact) mass is 454 g/mol. The summed E-state index contributed by atoms with van der Waals surface area (Å²) in [7, 11) is 0. The van der Waals surface area contributed by atoms with Crippen LogP contribution in [0.2, 0.25) is 0 Å². The number of aryl methyl sites for hydroxylation is 2. The molecule has 3 aliphatic rings. The first-order valence-corrected chi connectivity index (χ1v) is 11.1. The number of H-pyrrole nitrogens is 1. The van der Waals surface area contributed by atoms with E-state index < -0.39 is 17.8 Å². The SMILES string of the molecule is Cc1nc(N2CC3C(C2)C3(F)F)ncc1Cn1cc(C(=O)N[C@@H]2CCc3c2n[nH]c3C)cn1. The number of piperidine rings is 1. The van der Waals surface area contributed by atoms with Gasteiger partial charge in [0.1, 0.15) is 0 Å². The van der Waals surface area contributed by atoms with Gasteiger partial charge in [-0.25, -0.2) is 18.7 Å². The highest BCUT2D eigenvalue weighted by atomic mass is 19.3. The van der Waals surface area contributed by atoms with E-state index in [1.54, 1.807) is 23.3 Å². The van der Waals surface area contributed by atoms with Crippen LogP contribution in [-0.2, 0) is 13.0 Å². The van der Waals surface area contributed by atoms with Crippen molar-refractivity contribution >= 4 is 11.9 Å². The number of anilines is 1. The maximum atomic E-state index is 13.4. The third-order valence-corrected chi connectivity index (χ3v) is 7.20. The van der Waals surface area contributed by atoms with Gasteiger partial charge in [0.25, 0.3) is 11.8 Å². The molecule has 33 heavy (non-hydrogen) atoms. The molecule has 172 valence electrons. The Morgan fingerprint density at radius 1 is 1.27 bits per heavy atom. The lowest BCUT2D eigenvalue weighted by molar-refractivity contribution is 0.0795. The minimum Gasteiger partial charge on any atom is -0.343 e. The number of hydrogen-bond acceptors (Lipinski definition) is 6. The number of aromatic amines is 1. The summed E-state index contributed by atoms with van der Waals surface area (Å²) < 4.78 is 28.6. The van der Waals surface area contributed by atoms with E-state index in [9.17, 15) is 13.6 Å². The summed E-state index contributed by atoms with van der Waals surface area (Å²) in [6.45, 7) is 4.87. The topological polar surface area (TPSA) is 105 Å². The van der Waals surface area contributed by atoms with Crippen LogP contribution in [0.25, 0.3) is 0 Å². The van der Waals surface area contributed by atoms with Crippen LogP contribution in [0.15, 0.2) is 18.6 Å². The van der Waals surface area contributed by atoms with Crippen LogP contribution in [0.5, 0.6) is 0 Å². The first-order valence-electron chi connectivity index (χ1n) is 11.1. The molecule has 3 aromatic rings. The van der Waals surface area contributed by atoms with E-state index in [1.165, 1.54) is 5.56 Å². The fourth-order valence-corrected chi connectivity index (χ4v) is 5.08. The summed E-state index contributed by atoms with van der Waals surface area (Å²) in [6.07, 6.45) is 6.69. The van der Waals surface area contributed by atoms with Gasteiger partial charge in [0.05, 0.1) is 41.9 Å². The average molecular weight is 454 g/mol. The predicted octanol–water partition coefficient (Wildman–Crippen LogP) is 2.18. The summed E-state index contributed by atoms with van der Waals surface area (Å²) in [5.41, 5.74) is 5.26.